The van der Waals surface area contributed by atoms with Crippen molar-refractivity contribution >= 4 is 17.8 Å². The second-order valence-corrected chi connectivity index (χ2v) is 4.77. The molecule has 0 fully saturated rings. The first-order chi connectivity index (χ1) is 10.5. The SMILES string of the molecule is CC[C@H](C)[C@@H](NC(=O)COC(=O)c1ccncc1)C(=O)OC. The molecule has 0 saturated carbocycles. The van der Waals surface area contributed by atoms with E-state index in [4.69, 9.17) is 4.74 Å². The van der Waals surface area contributed by atoms with Crippen LogP contribution >= 0.6 is 0 Å². The predicted octanol–water partition coefficient (Wildman–Crippen LogP) is 0.942. The molecule has 1 N–H and O–H groups in total. The normalized spacial score (nSPS) is 12.9. The van der Waals surface area contributed by atoms with Gasteiger partial charge < -0.3 is 14.8 Å². The molecule has 0 spiro atoms. The van der Waals surface area contributed by atoms with E-state index in [1.807, 2.05) is 13.8 Å². The molecule has 22 heavy (non-hydrogen) atoms. The number of pyridine rings is 1. The summed E-state index contributed by atoms with van der Waals surface area (Å²) in [5.74, 6) is -1.80. The van der Waals surface area contributed by atoms with Gasteiger partial charge in [-0.1, -0.05) is 20.3 Å². The fourth-order valence-corrected chi connectivity index (χ4v) is 1.71. The van der Waals surface area contributed by atoms with Crippen molar-refractivity contribution in [3.63, 3.8) is 0 Å². The Morgan fingerprint density at radius 3 is 2.45 bits per heavy atom. The summed E-state index contributed by atoms with van der Waals surface area (Å²) in [5, 5.41) is 2.52. The summed E-state index contributed by atoms with van der Waals surface area (Å²) in [4.78, 5) is 39.0. The molecule has 2 atom stereocenters. The number of rotatable bonds is 7. The van der Waals surface area contributed by atoms with Crippen LogP contribution in [0.5, 0.6) is 0 Å². The van der Waals surface area contributed by atoms with Crippen LogP contribution in [0.1, 0.15) is 30.6 Å². The highest BCUT2D eigenvalue weighted by atomic mass is 16.5. The highest BCUT2D eigenvalue weighted by molar-refractivity contribution is 5.91. The molecule has 1 aromatic heterocycles. The maximum absolute atomic E-state index is 11.8. The lowest BCUT2D eigenvalue weighted by Crippen LogP contribution is -2.47. The Labute approximate surface area is 129 Å². The van der Waals surface area contributed by atoms with Crippen molar-refractivity contribution in [3.05, 3.63) is 30.1 Å². The number of carbonyl (C=O) groups excluding carboxylic acids is 3. The minimum absolute atomic E-state index is 0.0905. The van der Waals surface area contributed by atoms with E-state index in [0.717, 1.165) is 0 Å². The van der Waals surface area contributed by atoms with Crippen LogP contribution in [-0.2, 0) is 19.1 Å². The largest absolute Gasteiger partial charge is 0.467 e. The molecule has 0 bridgehead atoms. The van der Waals surface area contributed by atoms with Gasteiger partial charge >= 0.3 is 11.9 Å². The van der Waals surface area contributed by atoms with Crippen LogP contribution in [0.2, 0.25) is 0 Å². The van der Waals surface area contributed by atoms with Crippen molar-refractivity contribution < 1.29 is 23.9 Å². The number of esters is 2. The molecule has 0 aliphatic carbocycles. The fraction of sp³-hybridized carbons (Fsp3) is 0.467. The average Bonchev–Trinajstić information content (AvgIpc) is 2.56. The van der Waals surface area contributed by atoms with E-state index >= 15 is 0 Å². The van der Waals surface area contributed by atoms with E-state index in [1.54, 1.807) is 0 Å². The average molecular weight is 308 g/mol. The number of nitrogens with one attached hydrogen (secondary N) is 1. The van der Waals surface area contributed by atoms with E-state index in [2.05, 4.69) is 15.0 Å². The zero-order valence-electron chi connectivity index (χ0n) is 12.9. The summed E-state index contributed by atoms with van der Waals surface area (Å²) in [7, 11) is 1.26. The van der Waals surface area contributed by atoms with Gasteiger partial charge in [-0.2, -0.15) is 0 Å². The summed E-state index contributed by atoms with van der Waals surface area (Å²) in [6, 6.07) is 2.20. The number of amides is 1. The first-order valence-corrected chi connectivity index (χ1v) is 6.93. The van der Waals surface area contributed by atoms with E-state index < -0.39 is 30.5 Å². The van der Waals surface area contributed by atoms with Gasteiger partial charge in [0, 0.05) is 12.4 Å². The number of hydrogen-bond acceptors (Lipinski definition) is 6. The first kappa shape index (κ1) is 17.6. The predicted molar refractivity (Wildman–Crippen MR) is 77.9 cm³/mol. The Morgan fingerprint density at radius 2 is 1.91 bits per heavy atom. The first-order valence-electron chi connectivity index (χ1n) is 6.93. The van der Waals surface area contributed by atoms with E-state index in [0.29, 0.717) is 12.0 Å². The lowest BCUT2D eigenvalue weighted by Gasteiger charge is -2.21. The molecule has 1 aromatic rings. The van der Waals surface area contributed by atoms with E-state index in [1.165, 1.54) is 31.6 Å². The van der Waals surface area contributed by atoms with Crippen LogP contribution < -0.4 is 5.32 Å². The molecule has 120 valence electrons. The van der Waals surface area contributed by atoms with E-state index in [-0.39, 0.29) is 5.92 Å². The maximum atomic E-state index is 11.8. The zero-order chi connectivity index (χ0) is 16.5. The third-order valence-corrected chi connectivity index (χ3v) is 3.23. The highest BCUT2D eigenvalue weighted by Crippen LogP contribution is 2.09. The summed E-state index contributed by atoms with van der Waals surface area (Å²) in [6.45, 7) is 3.26. The van der Waals surface area contributed by atoms with Gasteiger partial charge in [-0.05, 0) is 18.1 Å². The Bertz CT molecular complexity index is 518. The molecule has 0 aliphatic heterocycles. The molecule has 0 unspecified atom stereocenters. The minimum atomic E-state index is -0.762. The number of aromatic nitrogens is 1. The molecular formula is C15H20N2O5. The maximum Gasteiger partial charge on any atom is 0.338 e. The lowest BCUT2D eigenvalue weighted by molar-refractivity contribution is -0.147. The number of hydrogen-bond donors (Lipinski definition) is 1. The van der Waals surface area contributed by atoms with Crippen LogP contribution in [0.15, 0.2) is 24.5 Å². The van der Waals surface area contributed by atoms with Gasteiger partial charge in [0.25, 0.3) is 5.91 Å². The molecule has 0 aliphatic rings. The Kier molecular flexibility index (Phi) is 7.01. The highest BCUT2D eigenvalue weighted by Gasteiger charge is 2.26. The number of carbonyl (C=O) groups is 3. The smallest absolute Gasteiger partial charge is 0.338 e. The van der Waals surface area contributed by atoms with Crippen LogP contribution in [0, 0.1) is 5.92 Å². The molecule has 0 radical (unpaired) electrons. The van der Waals surface area contributed by atoms with Crippen LogP contribution in [0.4, 0.5) is 0 Å². The summed E-state index contributed by atoms with van der Waals surface area (Å²) >= 11 is 0. The van der Waals surface area contributed by atoms with Crippen molar-refractivity contribution in [2.45, 2.75) is 26.3 Å². The van der Waals surface area contributed by atoms with Gasteiger partial charge in [0.2, 0.25) is 0 Å². The Balaban J connectivity index is 2.54. The topological polar surface area (TPSA) is 94.6 Å². The monoisotopic (exact) mass is 308 g/mol. The van der Waals surface area contributed by atoms with Gasteiger partial charge in [0.1, 0.15) is 6.04 Å². The van der Waals surface area contributed by atoms with Gasteiger partial charge in [-0.15, -0.1) is 0 Å². The van der Waals surface area contributed by atoms with E-state index in [9.17, 15) is 14.4 Å². The standard InChI is InChI=1S/C15H20N2O5/c1-4-10(2)13(15(20)21-3)17-12(18)9-22-14(19)11-5-7-16-8-6-11/h5-8,10,13H,4,9H2,1-3H3,(H,17,18)/t10-,13+/m0/s1. The zero-order valence-corrected chi connectivity index (χ0v) is 12.9. The van der Waals surface area contributed by atoms with Gasteiger partial charge in [-0.3, -0.25) is 9.78 Å². The number of nitrogens with zero attached hydrogens (tertiary/aromatic N) is 1. The summed E-state index contributed by atoms with van der Waals surface area (Å²) in [6.07, 6.45) is 3.59. The van der Waals surface area contributed by atoms with Gasteiger partial charge in [0.05, 0.1) is 12.7 Å². The fourth-order valence-electron chi connectivity index (χ4n) is 1.71. The minimum Gasteiger partial charge on any atom is -0.467 e. The molecule has 1 heterocycles. The molecule has 7 heteroatoms. The van der Waals surface area contributed by atoms with Crippen molar-refractivity contribution in [2.75, 3.05) is 13.7 Å². The Hall–Kier alpha value is -2.44. The summed E-state index contributed by atoms with van der Waals surface area (Å²) < 4.78 is 9.55. The van der Waals surface area contributed by atoms with Crippen LogP contribution in [0.25, 0.3) is 0 Å². The summed E-state index contributed by atoms with van der Waals surface area (Å²) in [5.41, 5.74) is 0.300. The van der Waals surface area contributed by atoms with Gasteiger partial charge in [-0.25, -0.2) is 9.59 Å². The third kappa shape index (κ3) is 5.16. The van der Waals surface area contributed by atoms with Crippen molar-refractivity contribution in [3.8, 4) is 0 Å². The molecule has 0 saturated heterocycles. The van der Waals surface area contributed by atoms with Crippen molar-refractivity contribution in [1.29, 1.82) is 0 Å². The van der Waals surface area contributed by atoms with Gasteiger partial charge in [0.15, 0.2) is 6.61 Å². The lowest BCUT2D eigenvalue weighted by atomic mass is 9.99. The molecule has 7 nitrogen and oxygen atoms in total. The molecule has 1 amide bonds. The van der Waals surface area contributed by atoms with Crippen molar-refractivity contribution in [1.82, 2.24) is 10.3 Å². The molecule has 0 aromatic carbocycles. The number of ether oxygens (including phenoxy) is 2. The molecule has 1 rings (SSSR count). The quantitative estimate of drug-likeness (QED) is 0.753. The second-order valence-electron chi connectivity index (χ2n) is 4.77. The third-order valence-electron chi connectivity index (χ3n) is 3.23. The van der Waals surface area contributed by atoms with Crippen molar-refractivity contribution in [2.24, 2.45) is 5.92 Å². The molecular weight excluding hydrogens is 288 g/mol. The second kappa shape index (κ2) is 8.76. The van der Waals surface area contributed by atoms with Crippen LogP contribution in [-0.4, -0.2) is 42.6 Å². The van der Waals surface area contributed by atoms with Crippen LogP contribution in [0.3, 0.4) is 0 Å². The number of methoxy groups -OCH3 is 1. The Morgan fingerprint density at radius 1 is 1.27 bits per heavy atom.